The Balaban J connectivity index is 1.42. The number of hydrogen-bond acceptors (Lipinski definition) is 4. The number of aromatic nitrogens is 2. The second kappa shape index (κ2) is 7.78. The zero-order valence-corrected chi connectivity index (χ0v) is 17.4. The van der Waals surface area contributed by atoms with E-state index in [1.165, 1.54) is 0 Å². The zero-order valence-electron chi connectivity index (χ0n) is 17.4. The van der Waals surface area contributed by atoms with Crippen LogP contribution in [-0.4, -0.2) is 53.5 Å². The molecule has 6 heteroatoms. The highest BCUT2D eigenvalue weighted by molar-refractivity contribution is 5.98. The van der Waals surface area contributed by atoms with Gasteiger partial charge >= 0.3 is 0 Å². The molecule has 1 aromatic carbocycles. The van der Waals surface area contributed by atoms with Gasteiger partial charge in [0.1, 0.15) is 5.69 Å². The van der Waals surface area contributed by atoms with E-state index in [1.54, 1.807) is 0 Å². The summed E-state index contributed by atoms with van der Waals surface area (Å²) in [4.78, 5) is 25.0. The molecule has 2 aromatic heterocycles. The van der Waals surface area contributed by atoms with Crippen molar-refractivity contribution in [2.45, 2.75) is 20.8 Å². The summed E-state index contributed by atoms with van der Waals surface area (Å²) >= 11 is 0. The molecule has 2 N–H and O–H groups in total. The molecule has 4 rings (SSSR count). The fourth-order valence-corrected chi connectivity index (χ4v) is 3.63. The second-order valence-corrected chi connectivity index (χ2v) is 8.84. The van der Waals surface area contributed by atoms with Crippen LogP contribution in [0.25, 0.3) is 10.9 Å². The number of pyridine rings is 1. The van der Waals surface area contributed by atoms with Gasteiger partial charge in [-0.15, -0.1) is 0 Å². The number of hydrogen-bond donors (Lipinski definition) is 2. The van der Waals surface area contributed by atoms with E-state index in [-0.39, 0.29) is 11.3 Å². The minimum Gasteiger partial charge on any atom is -0.382 e. The molecule has 1 aliphatic rings. The first kappa shape index (κ1) is 19.3. The third kappa shape index (κ3) is 4.36. The van der Waals surface area contributed by atoms with Crippen molar-refractivity contribution in [1.82, 2.24) is 14.9 Å². The first-order valence-corrected chi connectivity index (χ1v) is 10.2. The van der Waals surface area contributed by atoms with E-state index in [1.807, 2.05) is 47.5 Å². The van der Waals surface area contributed by atoms with Crippen LogP contribution in [0.2, 0.25) is 0 Å². The number of carbonyl (C=O) groups excluding carboxylic acids is 1. The standard InChI is InChI=1S/C23H29N5O/c1-23(2,3)16-25-19-9-6-10-24-21(19)27-11-13-28(14-12-27)22(29)20-15-17-7-4-5-8-18(17)26-20/h4-10,15,25-26H,11-14,16H2,1-3H3. The number of para-hydroxylation sites is 1. The summed E-state index contributed by atoms with van der Waals surface area (Å²) in [5, 5.41) is 4.60. The molecule has 29 heavy (non-hydrogen) atoms. The molecule has 3 heterocycles. The number of carbonyl (C=O) groups is 1. The van der Waals surface area contributed by atoms with Gasteiger partial charge in [-0.25, -0.2) is 4.98 Å². The fourth-order valence-electron chi connectivity index (χ4n) is 3.63. The molecular weight excluding hydrogens is 362 g/mol. The molecule has 1 saturated heterocycles. The average molecular weight is 392 g/mol. The number of fused-ring (bicyclic) bond motifs is 1. The summed E-state index contributed by atoms with van der Waals surface area (Å²) in [6.45, 7) is 10.4. The average Bonchev–Trinajstić information content (AvgIpc) is 3.16. The fraction of sp³-hybridized carbons (Fsp3) is 0.391. The van der Waals surface area contributed by atoms with Gasteiger partial charge in [0.25, 0.3) is 5.91 Å². The zero-order chi connectivity index (χ0) is 20.4. The van der Waals surface area contributed by atoms with Crippen LogP contribution in [0.15, 0.2) is 48.7 Å². The van der Waals surface area contributed by atoms with Gasteiger partial charge < -0.3 is 20.1 Å². The smallest absolute Gasteiger partial charge is 0.270 e. The number of nitrogens with one attached hydrogen (secondary N) is 2. The number of rotatable bonds is 4. The van der Waals surface area contributed by atoms with E-state index in [4.69, 9.17) is 0 Å². The normalized spacial score (nSPS) is 15.0. The molecule has 0 unspecified atom stereocenters. The Kier molecular flexibility index (Phi) is 5.18. The molecule has 1 fully saturated rings. The lowest BCUT2D eigenvalue weighted by molar-refractivity contribution is 0.0741. The van der Waals surface area contributed by atoms with E-state index in [0.717, 1.165) is 42.0 Å². The van der Waals surface area contributed by atoms with Crippen LogP contribution in [0.3, 0.4) is 0 Å². The van der Waals surface area contributed by atoms with Gasteiger partial charge in [-0.2, -0.15) is 0 Å². The maximum Gasteiger partial charge on any atom is 0.270 e. The van der Waals surface area contributed by atoms with E-state index < -0.39 is 0 Å². The van der Waals surface area contributed by atoms with Gasteiger partial charge in [0.2, 0.25) is 0 Å². The maximum absolute atomic E-state index is 12.9. The van der Waals surface area contributed by atoms with Gasteiger partial charge in [0.05, 0.1) is 5.69 Å². The topological polar surface area (TPSA) is 64.3 Å². The Hall–Kier alpha value is -3.02. The van der Waals surface area contributed by atoms with Crippen molar-refractivity contribution in [2.24, 2.45) is 5.41 Å². The van der Waals surface area contributed by atoms with Gasteiger partial charge in [-0.3, -0.25) is 4.79 Å². The minimum atomic E-state index is 0.0629. The summed E-state index contributed by atoms with van der Waals surface area (Å²) < 4.78 is 0. The molecule has 0 saturated carbocycles. The molecule has 0 atom stereocenters. The Morgan fingerprint density at radius 3 is 2.59 bits per heavy atom. The number of aromatic amines is 1. The highest BCUT2D eigenvalue weighted by atomic mass is 16.2. The summed E-state index contributed by atoms with van der Waals surface area (Å²) in [5.41, 5.74) is 2.90. The summed E-state index contributed by atoms with van der Waals surface area (Å²) in [6, 6.07) is 14.0. The van der Waals surface area contributed by atoms with Crippen molar-refractivity contribution >= 4 is 28.3 Å². The van der Waals surface area contributed by atoms with Gasteiger partial charge in [0, 0.05) is 49.8 Å². The van der Waals surface area contributed by atoms with Gasteiger partial charge in [-0.1, -0.05) is 39.0 Å². The molecule has 1 aliphatic heterocycles. The van der Waals surface area contributed by atoms with Crippen LogP contribution >= 0.6 is 0 Å². The van der Waals surface area contributed by atoms with Crippen LogP contribution in [0.5, 0.6) is 0 Å². The van der Waals surface area contributed by atoms with Crippen LogP contribution < -0.4 is 10.2 Å². The lowest BCUT2D eigenvalue weighted by Crippen LogP contribution is -2.49. The molecule has 0 radical (unpaired) electrons. The molecule has 0 spiro atoms. The minimum absolute atomic E-state index is 0.0629. The number of amides is 1. The maximum atomic E-state index is 12.9. The van der Waals surface area contributed by atoms with Crippen LogP contribution in [0.1, 0.15) is 31.3 Å². The van der Waals surface area contributed by atoms with E-state index in [9.17, 15) is 4.79 Å². The molecular formula is C23H29N5O. The number of H-pyrrole nitrogens is 1. The number of anilines is 2. The van der Waals surface area contributed by atoms with Crippen LogP contribution in [0, 0.1) is 5.41 Å². The Morgan fingerprint density at radius 2 is 1.86 bits per heavy atom. The SMILES string of the molecule is CC(C)(C)CNc1cccnc1N1CCN(C(=O)c2cc3ccccc3[nH]2)CC1. The van der Waals surface area contributed by atoms with Crippen molar-refractivity contribution in [3.8, 4) is 0 Å². The predicted molar refractivity (Wildman–Crippen MR) is 119 cm³/mol. The van der Waals surface area contributed by atoms with Crippen molar-refractivity contribution < 1.29 is 4.79 Å². The number of nitrogens with zero attached hydrogens (tertiary/aromatic N) is 3. The number of benzene rings is 1. The quantitative estimate of drug-likeness (QED) is 0.706. The third-order valence-electron chi connectivity index (χ3n) is 5.22. The lowest BCUT2D eigenvalue weighted by Gasteiger charge is -2.36. The molecule has 0 aliphatic carbocycles. The van der Waals surface area contributed by atoms with Crippen LogP contribution in [-0.2, 0) is 0 Å². The first-order chi connectivity index (χ1) is 13.9. The molecule has 6 nitrogen and oxygen atoms in total. The number of piperazine rings is 1. The van der Waals surface area contributed by atoms with Crippen molar-refractivity contribution in [3.05, 3.63) is 54.4 Å². The molecule has 152 valence electrons. The third-order valence-corrected chi connectivity index (χ3v) is 5.22. The summed E-state index contributed by atoms with van der Waals surface area (Å²) in [6.07, 6.45) is 1.83. The summed E-state index contributed by atoms with van der Waals surface area (Å²) in [5.74, 6) is 1.03. The van der Waals surface area contributed by atoms with Crippen molar-refractivity contribution in [3.63, 3.8) is 0 Å². The Morgan fingerprint density at radius 1 is 1.10 bits per heavy atom. The predicted octanol–water partition coefficient (Wildman–Crippen LogP) is 3.98. The first-order valence-electron chi connectivity index (χ1n) is 10.2. The molecule has 1 amide bonds. The highest BCUT2D eigenvalue weighted by Gasteiger charge is 2.25. The molecule has 0 bridgehead atoms. The Bertz CT molecular complexity index is 963. The van der Waals surface area contributed by atoms with Crippen molar-refractivity contribution in [1.29, 1.82) is 0 Å². The highest BCUT2D eigenvalue weighted by Crippen LogP contribution is 2.26. The largest absolute Gasteiger partial charge is 0.382 e. The van der Waals surface area contributed by atoms with E-state index in [0.29, 0.717) is 18.8 Å². The second-order valence-electron chi connectivity index (χ2n) is 8.84. The van der Waals surface area contributed by atoms with E-state index >= 15 is 0 Å². The molecule has 3 aromatic rings. The van der Waals surface area contributed by atoms with Gasteiger partial charge in [0.15, 0.2) is 5.82 Å². The summed E-state index contributed by atoms with van der Waals surface area (Å²) in [7, 11) is 0. The van der Waals surface area contributed by atoms with Gasteiger partial charge in [-0.05, 0) is 29.7 Å². The lowest BCUT2D eigenvalue weighted by atomic mass is 9.97. The Labute approximate surface area is 171 Å². The van der Waals surface area contributed by atoms with Crippen molar-refractivity contribution in [2.75, 3.05) is 42.9 Å². The monoisotopic (exact) mass is 391 g/mol. The van der Waals surface area contributed by atoms with E-state index in [2.05, 4.69) is 47.0 Å². The van der Waals surface area contributed by atoms with Crippen LogP contribution in [0.4, 0.5) is 11.5 Å².